The number of carboxylic acids is 1. The number of nitrogen functional groups attached to an aromatic ring is 1. The number of hydrogen-bond acceptors (Lipinski definition) is 5. The first-order valence-electron chi connectivity index (χ1n) is 4.23. The third-order valence-electron chi connectivity index (χ3n) is 1.76. The maximum absolute atomic E-state index is 12.0. The number of rotatable bonds is 3. The highest BCUT2D eigenvalue weighted by Gasteiger charge is 2.33. The predicted molar refractivity (Wildman–Crippen MR) is 50.2 cm³/mol. The molecule has 94 valence electrons. The lowest BCUT2D eigenvalue weighted by Gasteiger charge is -2.13. The smallest absolute Gasteiger partial charge is 0.477 e. The van der Waals surface area contributed by atoms with Gasteiger partial charge in [-0.1, -0.05) is 0 Å². The Balaban J connectivity index is 3.29. The van der Waals surface area contributed by atoms with Crippen molar-refractivity contribution in [1.82, 2.24) is 4.98 Å². The Morgan fingerprint density at radius 2 is 2.12 bits per heavy atom. The molecule has 1 rings (SSSR count). The van der Waals surface area contributed by atoms with Crippen LogP contribution in [0.15, 0.2) is 6.07 Å². The second kappa shape index (κ2) is 4.45. The largest absolute Gasteiger partial charge is 0.574 e. The van der Waals surface area contributed by atoms with Gasteiger partial charge in [-0.3, -0.25) is 0 Å². The minimum atomic E-state index is -5.00. The van der Waals surface area contributed by atoms with Crippen molar-refractivity contribution in [3.8, 4) is 5.88 Å². The summed E-state index contributed by atoms with van der Waals surface area (Å²) in [6.07, 6.45) is -5.00. The number of carboxylic acid groups (broad SMARTS) is 1. The molecule has 0 saturated carbocycles. The number of anilines is 1. The van der Waals surface area contributed by atoms with E-state index in [-0.39, 0.29) is 17.8 Å². The Hall–Kier alpha value is -2.03. The van der Waals surface area contributed by atoms with Crippen molar-refractivity contribution in [2.45, 2.75) is 12.9 Å². The van der Waals surface area contributed by atoms with Crippen LogP contribution in [-0.4, -0.2) is 22.4 Å². The van der Waals surface area contributed by atoms with Gasteiger partial charge in [0, 0.05) is 12.2 Å². The van der Waals surface area contributed by atoms with Crippen LogP contribution < -0.4 is 16.2 Å². The zero-order valence-corrected chi connectivity index (χ0v) is 8.28. The molecule has 0 unspecified atom stereocenters. The Bertz CT molecular complexity index is 448. The Kier molecular flexibility index (Phi) is 3.42. The molecule has 17 heavy (non-hydrogen) atoms. The molecule has 0 bridgehead atoms. The maximum Gasteiger partial charge on any atom is 0.574 e. The fourth-order valence-electron chi connectivity index (χ4n) is 1.08. The first-order chi connectivity index (χ1) is 7.74. The zero-order valence-electron chi connectivity index (χ0n) is 8.28. The van der Waals surface area contributed by atoms with Gasteiger partial charge in [0.25, 0.3) is 0 Å². The third-order valence-corrected chi connectivity index (χ3v) is 1.76. The summed E-state index contributed by atoms with van der Waals surface area (Å²) in [7, 11) is 0. The van der Waals surface area contributed by atoms with Gasteiger partial charge >= 0.3 is 12.3 Å². The molecule has 0 aromatic carbocycles. The van der Waals surface area contributed by atoms with Crippen LogP contribution in [0.25, 0.3) is 0 Å². The van der Waals surface area contributed by atoms with Gasteiger partial charge in [0.05, 0.1) is 5.56 Å². The lowest BCUT2D eigenvalue weighted by molar-refractivity contribution is -0.276. The van der Waals surface area contributed by atoms with E-state index in [1.807, 2.05) is 0 Å². The molecule has 1 aromatic rings. The van der Waals surface area contributed by atoms with Crippen LogP contribution in [0.5, 0.6) is 5.88 Å². The molecule has 0 aliphatic heterocycles. The van der Waals surface area contributed by atoms with E-state index in [0.29, 0.717) is 0 Å². The second-order valence-electron chi connectivity index (χ2n) is 2.94. The fourth-order valence-corrected chi connectivity index (χ4v) is 1.08. The number of alkyl halides is 3. The Morgan fingerprint density at radius 1 is 1.53 bits per heavy atom. The standard InChI is InChI=1S/C8H8F3N3O3/c9-8(10,11)17-6-3(2-12)4(13)1-5(14-6)7(15)16/h1H,2,12H2,(H2,13,14)(H,15,16). The van der Waals surface area contributed by atoms with Crippen molar-refractivity contribution in [3.05, 3.63) is 17.3 Å². The molecule has 9 heteroatoms. The summed E-state index contributed by atoms with van der Waals surface area (Å²) in [5, 5.41) is 8.61. The normalized spacial score (nSPS) is 11.3. The van der Waals surface area contributed by atoms with Gasteiger partial charge < -0.3 is 21.3 Å². The summed E-state index contributed by atoms with van der Waals surface area (Å²) in [5.74, 6) is -2.47. The molecular formula is C8H8F3N3O3. The van der Waals surface area contributed by atoms with Gasteiger partial charge in [0.1, 0.15) is 0 Å². The number of ether oxygens (including phenoxy) is 1. The van der Waals surface area contributed by atoms with E-state index < -0.39 is 23.9 Å². The molecule has 0 saturated heterocycles. The van der Waals surface area contributed by atoms with E-state index in [0.717, 1.165) is 6.07 Å². The SMILES string of the molecule is NCc1c(N)cc(C(=O)O)nc1OC(F)(F)F. The van der Waals surface area contributed by atoms with E-state index in [1.165, 1.54) is 0 Å². The molecule has 0 aliphatic carbocycles. The summed E-state index contributed by atoms with van der Waals surface area (Å²) in [6.45, 7) is -0.357. The molecule has 0 atom stereocenters. The average molecular weight is 251 g/mol. The molecule has 1 heterocycles. The van der Waals surface area contributed by atoms with Crippen molar-refractivity contribution in [3.63, 3.8) is 0 Å². The molecule has 6 nitrogen and oxygen atoms in total. The number of nitrogens with two attached hydrogens (primary N) is 2. The van der Waals surface area contributed by atoms with E-state index in [1.54, 1.807) is 0 Å². The molecule has 0 amide bonds. The first-order valence-corrected chi connectivity index (χ1v) is 4.23. The summed E-state index contributed by atoms with van der Waals surface area (Å²) >= 11 is 0. The van der Waals surface area contributed by atoms with Crippen LogP contribution in [-0.2, 0) is 6.54 Å². The minimum absolute atomic E-state index is 0.202. The number of aromatic nitrogens is 1. The minimum Gasteiger partial charge on any atom is -0.477 e. The number of aromatic carboxylic acids is 1. The maximum atomic E-state index is 12.0. The third kappa shape index (κ3) is 3.21. The van der Waals surface area contributed by atoms with Gasteiger partial charge in [-0.15, -0.1) is 13.2 Å². The molecule has 0 fully saturated rings. The first kappa shape index (κ1) is 13.0. The van der Waals surface area contributed by atoms with Crippen molar-refractivity contribution in [2.75, 3.05) is 5.73 Å². The van der Waals surface area contributed by atoms with Crippen LogP contribution in [0, 0.1) is 0 Å². The number of nitrogens with zero attached hydrogens (tertiary/aromatic N) is 1. The number of halogens is 3. The van der Waals surface area contributed by atoms with Crippen LogP contribution >= 0.6 is 0 Å². The van der Waals surface area contributed by atoms with Gasteiger partial charge in [0.2, 0.25) is 5.88 Å². The van der Waals surface area contributed by atoms with Crippen LogP contribution in [0.1, 0.15) is 16.1 Å². The summed E-state index contributed by atoms with van der Waals surface area (Å²) in [5.41, 5.74) is 9.46. The lowest BCUT2D eigenvalue weighted by Crippen LogP contribution is -2.21. The Labute approximate surface area is 93.0 Å². The summed E-state index contributed by atoms with van der Waals surface area (Å²) in [4.78, 5) is 13.8. The highest BCUT2D eigenvalue weighted by molar-refractivity contribution is 5.87. The Morgan fingerprint density at radius 3 is 2.53 bits per heavy atom. The van der Waals surface area contributed by atoms with Gasteiger partial charge in [-0.05, 0) is 6.07 Å². The average Bonchev–Trinajstić information content (AvgIpc) is 2.14. The monoisotopic (exact) mass is 251 g/mol. The molecule has 0 radical (unpaired) electrons. The van der Waals surface area contributed by atoms with Gasteiger partial charge in [-0.25, -0.2) is 9.78 Å². The van der Waals surface area contributed by atoms with Crippen molar-refractivity contribution >= 4 is 11.7 Å². The summed E-state index contributed by atoms with van der Waals surface area (Å²) < 4.78 is 39.7. The van der Waals surface area contributed by atoms with E-state index in [9.17, 15) is 18.0 Å². The molecular weight excluding hydrogens is 243 g/mol. The van der Waals surface area contributed by atoms with Crippen LogP contribution in [0.3, 0.4) is 0 Å². The van der Waals surface area contributed by atoms with Crippen molar-refractivity contribution in [1.29, 1.82) is 0 Å². The number of pyridine rings is 1. The van der Waals surface area contributed by atoms with E-state index in [4.69, 9.17) is 16.6 Å². The van der Waals surface area contributed by atoms with Gasteiger partial charge in [0.15, 0.2) is 5.69 Å². The van der Waals surface area contributed by atoms with Gasteiger partial charge in [-0.2, -0.15) is 0 Å². The highest BCUT2D eigenvalue weighted by atomic mass is 19.4. The van der Waals surface area contributed by atoms with Crippen molar-refractivity contribution < 1.29 is 27.8 Å². The second-order valence-corrected chi connectivity index (χ2v) is 2.94. The lowest BCUT2D eigenvalue weighted by atomic mass is 10.2. The van der Waals surface area contributed by atoms with E-state index >= 15 is 0 Å². The molecule has 0 spiro atoms. The topological polar surface area (TPSA) is 111 Å². The summed E-state index contributed by atoms with van der Waals surface area (Å²) in [6, 6.07) is 0.910. The molecule has 0 aliphatic rings. The quantitative estimate of drug-likeness (QED) is 0.729. The predicted octanol–water partition coefficient (Wildman–Crippen LogP) is 0.719. The number of hydrogen-bond donors (Lipinski definition) is 3. The zero-order chi connectivity index (χ0) is 13.2. The van der Waals surface area contributed by atoms with Crippen LogP contribution in [0.2, 0.25) is 0 Å². The molecule has 5 N–H and O–H groups in total. The van der Waals surface area contributed by atoms with Crippen LogP contribution in [0.4, 0.5) is 18.9 Å². The molecule has 1 aromatic heterocycles. The number of carbonyl (C=O) groups is 1. The van der Waals surface area contributed by atoms with E-state index in [2.05, 4.69) is 9.72 Å². The highest BCUT2D eigenvalue weighted by Crippen LogP contribution is 2.28. The van der Waals surface area contributed by atoms with Crippen molar-refractivity contribution in [2.24, 2.45) is 5.73 Å². The fraction of sp³-hybridized carbons (Fsp3) is 0.250.